The van der Waals surface area contributed by atoms with Crippen LogP contribution in [-0.4, -0.2) is 15.0 Å². The molecule has 0 spiro atoms. The summed E-state index contributed by atoms with van der Waals surface area (Å²) in [4.78, 5) is 0. The molecule has 0 amide bonds. The Bertz CT molecular complexity index is 1190. The number of hydrogen-bond donors (Lipinski definition) is 0. The molecule has 165 valence electrons. The van der Waals surface area contributed by atoms with Crippen molar-refractivity contribution in [2.45, 2.75) is 46.5 Å². The van der Waals surface area contributed by atoms with Crippen molar-refractivity contribution in [3.05, 3.63) is 101 Å². The van der Waals surface area contributed by atoms with Gasteiger partial charge >= 0.3 is 217 Å². The Morgan fingerprint density at radius 1 is 1.06 bits per heavy atom. The number of fused-ring (bicyclic) bond motifs is 1. The molecule has 2 unspecified atom stereocenters. The van der Waals surface area contributed by atoms with Gasteiger partial charge in [0.1, 0.15) is 0 Å². The summed E-state index contributed by atoms with van der Waals surface area (Å²) in [5, 5.41) is 2.08. The van der Waals surface area contributed by atoms with E-state index >= 15 is 0 Å². The van der Waals surface area contributed by atoms with Gasteiger partial charge in [-0.3, -0.25) is 0 Å². The fraction of sp³-hybridized carbons (Fsp3) is 0.296. The van der Waals surface area contributed by atoms with Crippen LogP contribution in [0.5, 0.6) is 0 Å². The summed E-state index contributed by atoms with van der Waals surface area (Å²) in [6.45, 7) is 11.3. The second-order valence-electron chi connectivity index (χ2n) is 8.87. The van der Waals surface area contributed by atoms with Crippen LogP contribution in [0.1, 0.15) is 46.6 Å². The SMILES string of the molecule is CCC1=CC(C)=C(C2(c3ccc(Cl)cc3)C(=[SiH2])C=CC=C3C(C)=C(C)[C]([Hf]([Cl])[Cl])=C32)C1C. The summed E-state index contributed by atoms with van der Waals surface area (Å²) in [6.07, 6.45) is 10.2. The van der Waals surface area contributed by atoms with Crippen molar-refractivity contribution < 1.29 is 19.1 Å². The van der Waals surface area contributed by atoms with E-state index in [-0.39, 0.29) is 0 Å². The van der Waals surface area contributed by atoms with E-state index in [0.717, 1.165) is 11.4 Å². The molecule has 3 aliphatic carbocycles. The van der Waals surface area contributed by atoms with E-state index in [1.54, 1.807) is 0 Å². The van der Waals surface area contributed by atoms with Crippen molar-refractivity contribution >= 4 is 43.8 Å². The van der Waals surface area contributed by atoms with Crippen molar-refractivity contribution in [2.75, 3.05) is 0 Å². The van der Waals surface area contributed by atoms with Crippen LogP contribution in [0.2, 0.25) is 5.02 Å². The summed E-state index contributed by atoms with van der Waals surface area (Å²) in [5.74, 6) is 0.345. The van der Waals surface area contributed by atoms with E-state index in [1.807, 2.05) is 22.0 Å². The fourth-order valence-electron chi connectivity index (χ4n) is 5.81. The van der Waals surface area contributed by atoms with E-state index in [4.69, 9.17) is 28.8 Å². The molecule has 0 heterocycles. The Labute approximate surface area is 215 Å². The number of halogens is 3. The van der Waals surface area contributed by atoms with Gasteiger partial charge in [-0.05, 0) is 0 Å². The van der Waals surface area contributed by atoms with E-state index in [0.29, 0.717) is 5.92 Å². The molecule has 0 aromatic heterocycles. The van der Waals surface area contributed by atoms with E-state index in [2.05, 4.69) is 71.1 Å². The van der Waals surface area contributed by atoms with Crippen molar-refractivity contribution in [3.8, 4) is 0 Å². The standard InChI is InChI=1S/C27H28ClSi.2ClH.Hf/c1-6-20-14-17(3)26(19(20)5)27(21-10-12-22(28)13-11-21)24-15-16(2)18(4)23(24)8-7-9-25(27)29;;;/h7-14,19H,6,29H2,1-5H3;2*1H;/q;;;+2/p-2. The third-order valence-corrected chi connectivity index (χ3v) is 15.1. The van der Waals surface area contributed by atoms with Gasteiger partial charge in [-0.15, -0.1) is 0 Å². The third-order valence-electron chi connectivity index (χ3n) is 7.37. The first-order valence-electron chi connectivity index (χ1n) is 11.0. The first kappa shape index (κ1) is 24.6. The number of allylic oxidation sites excluding steroid dienone is 12. The molecule has 5 heteroatoms. The van der Waals surface area contributed by atoms with Gasteiger partial charge in [-0.25, -0.2) is 0 Å². The van der Waals surface area contributed by atoms with Crippen molar-refractivity contribution in [3.63, 3.8) is 0 Å². The number of hydrogen-bond acceptors (Lipinski definition) is 0. The van der Waals surface area contributed by atoms with Crippen molar-refractivity contribution in [1.29, 1.82) is 0 Å². The maximum absolute atomic E-state index is 6.92. The first-order chi connectivity index (χ1) is 15.2. The van der Waals surface area contributed by atoms with E-state index in [1.165, 1.54) is 53.1 Å². The molecule has 1 aromatic rings. The quantitative estimate of drug-likeness (QED) is 0.289. The molecule has 3 aliphatic rings. The molecule has 0 saturated heterocycles. The van der Waals surface area contributed by atoms with Gasteiger partial charge in [0.25, 0.3) is 0 Å². The molecule has 0 N–H and O–H groups in total. The average Bonchev–Trinajstić information content (AvgIpc) is 3.12. The molecule has 4 rings (SSSR count). The summed E-state index contributed by atoms with van der Waals surface area (Å²) in [5.41, 5.74) is 10.3. The predicted molar refractivity (Wildman–Crippen MR) is 141 cm³/mol. The molecule has 0 bridgehead atoms. The Morgan fingerprint density at radius 2 is 1.72 bits per heavy atom. The molecule has 0 nitrogen and oxygen atoms in total. The Morgan fingerprint density at radius 3 is 2.28 bits per heavy atom. The molecule has 0 fully saturated rings. The zero-order chi connectivity index (χ0) is 23.4. The van der Waals surface area contributed by atoms with Gasteiger partial charge in [0.2, 0.25) is 0 Å². The Hall–Kier alpha value is -0.513. The van der Waals surface area contributed by atoms with Crippen LogP contribution in [0.4, 0.5) is 0 Å². The average molecular weight is 665 g/mol. The molecule has 0 radical (unpaired) electrons. The monoisotopic (exact) mass is 665 g/mol. The van der Waals surface area contributed by atoms with Gasteiger partial charge in [-0.1, -0.05) is 0 Å². The minimum absolute atomic E-state index is 0.345. The van der Waals surface area contributed by atoms with Gasteiger partial charge in [0.15, 0.2) is 0 Å². The summed E-state index contributed by atoms with van der Waals surface area (Å²) >= 11 is 3.37. The Balaban J connectivity index is 2.18. The number of rotatable bonds is 4. The zero-order valence-corrected chi connectivity index (χ0v) is 26.5. The maximum atomic E-state index is 6.92. The van der Waals surface area contributed by atoms with E-state index in [9.17, 15) is 0 Å². The number of benzene rings is 1. The molecule has 1 aromatic carbocycles. The normalized spacial score (nSPS) is 25.4. The molecular weight excluding hydrogens is 637 g/mol. The summed E-state index contributed by atoms with van der Waals surface area (Å²) < 4.78 is 1.25. The van der Waals surface area contributed by atoms with Gasteiger partial charge < -0.3 is 0 Å². The van der Waals surface area contributed by atoms with Crippen LogP contribution in [0.25, 0.3) is 0 Å². The van der Waals surface area contributed by atoms with Crippen LogP contribution in [0.15, 0.2) is 90.9 Å². The molecule has 0 saturated carbocycles. The van der Waals surface area contributed by atoms with Crippen molar-refractivity contribution in [2.24, 2.45) is 5.92 Å². The molecule has 32 heavy (non-hydrogen) atoms. The zero-order valence-electron chi connectivity index (χ0n) is 19.2. The van der Waals surface area contributed by atoms with Crippen molar-refractivity contribution in [1.82, 2.24) is 0 Å². The minimum atomic E-state index is -2.99. The fourth-order valence-corrected chi connectivity index (χ4v) is 14.0. The second kappa shape index (κ2) is 9.27. The first-order valence-corrected chi connectivity index (χ1v) is 22.8. The Kier molecular flexibility index (Phi) is 7.12. The van der Waals surface area contributed by atoms with Crippen LogP contribution in [0, 0.1) is 5.92 Å². The van der Waals surface area contributed by atoms with Crippen LogP contribution >= 0.6 is 28.8 Å². The van der Waals surface area contributed by atoms with E-state index < -0.39 is 24.5 Å². The molecule has 0 aliphatic heterocycles. The van der Waals surface area contributed by atoms with Crippen LogP contribution in [-0.2, 0) is 24.5 Å². The topological polar surface area (TPSA) is 0 Å². The summed E-state index contributed by atoms with van der Waals surface area (Å²) in [7, 11) is 15.8. The van der Waals surface area contributed by atoms with Crippen LogP contribution < -0.4 is 0 Å². The van der Waals surface area contributed by atoms with Gasteiger partial charge in [-0.2, -0.15) is 0 Å². The summed E-state index contributed by atoms with van der Waals surface area (Å²) in [6, 6.07) is 8.43. The van der Waals surface area contributed by atoms with Gasteiger partial charge in [0, 0.05) is 0 Å². The predicted octanol–water partition coefficient (Wildman–Crippen LogP) is 7.71. The second-order valence-corrected chi connectivity index (χ2v) is 21.5. The third kappa shape index (κ3) is 3.60. The molecular formula is C27H28Cl3HfSi. The van der Waals surface area contributed by atoms with Crippen LogP contribution in [0.3, 0.4) is 0 Å². The van der Waals surface area contributed by atoms with Gasteiger partial charge in [0.05, 0.1) is 0 Å². The molecule has 2 atom stereocenters.